The van der Waals surface area contributed by atoms with Crippen LogP contribution >= 0.6 is 39.1 Å². The molecule has 1 aromatic rings. The van der Waals surface area contributed by atoms with Crippen molar-refractivity contribution in [2.45, 2.75) is 31.4 Å². The topological polar surface area (TPSA) is 32.3 Å². The molecule has 0 bridgehead atoms. The molecule has 2 N–H and O–H groups in total. The second-order valence-electron chi connectivity index (χ2n) is 3.99. The summed E-state index contributed by atoms with van der Waals surface area (Å²) in [5, 5.41) is 14.1. The maximum absolute atomic E-state index is 9.73. The standard InChI is InChI=1S/C11H12BrCl2NO/c12-6-4-7(13)11(8(14)5-6)15-9-2-1-3-10(9)16/h4-5,9-10,15-16H,1-3H2. The molecule has 16 heavy (non-hydrogen) atoms. The fourth-order valence-corrected chi connectivity index (χ4v) is 3.29. The summed E-state index contributed by atoms with van der Waals surface area (Å²) in [7, 11) is 0. The van der Waals surface area contributed by atoms with E-state index in [2.05, 4.69) is 21.2 Å². The van der Waals surface area contributed by atoms with Gasteiger partial charge in [0.05, 0.1) is 27.9 Å². The number of nitrogens with one attached hydrogen (secondary N) is 1. The lowest BCUT2D eigenvalue weighted by Crippen LogP contribution is -2.28. The van der Waals surface area contributed by atoms with Crippen molar-refractivity contribution in [2.24, 2.45) is 0 Å². The van der Waals surface area contributed by atoms with E-state index in [0.717, 1.165) is 23.7 Å². The molecule has 88 valence electrons. The minimum absolute atomic E-state index is 0.0520. The zero-order valence-electron chi connectivity index (χ0n) is 8.51. The highest BCUT2D eigenvalue weighted by atomic mass is 79.9. The first kappa shape index (κ1) is 12.5. The van der Waals surface area contributed by atoms with Crippen LogP contribution in [0.25, 0.3) is 0 Å². The molecule has 1 aliphatic rings. The summed E-state index contributed by atoms with van der Waals surface area (Å²) in [5.74, 6) is 0. The maximum Gasteiger partial charge on any atom is 0.0741 e. The molecule has 1 saturated carbocycles. The van der Waals surface area contributed by atoms with Gasteiger partial charge < -0.3 is 10.4 Å². The molecule has 0 spiro atoms. The van der Waals surface area contributed by atoms with Crippen molar-refractivity contribution in [3.05, 3.63) is 26.7 Å². The Bertz CT molecular complexity index is 377. The third-order valence-electron chi connectivity index (χ3n) is 2.82. The van der Waals surface area contributed by atoms with Gasteiger partial charge in [0.2, 0.25) is 0 Å². The smallest absolute Gasteiger partial charge is 0.0741 e. The van der Waals surface area contributed by atoms with Gasteiger partial charge in [-0.05, 0) is 31.4 Å². The van der Waals surface area contributed by atoms with E-state index < -0.39 is 0 Å². The van der Waals surface area contributed by atoms with Gasteiger partial charge in [0.15, 0.2) is 0 Å². The molecule has 0 heterocycles. The number of hydrogen-bond acceptors (Lipinski definition) is 2. The average Bonchev–Trinajstić information content (AvgIpc) is 2.57. The van der Waals surface area contributed by atoms with Gasteiger partial charge in [-0.2, -0.15) is 0 Å². The second kappa shape index (κ2) is 5.13. The van der Waals surface area contributed by atoms with Crippen LogP contribution < -0.4 is 5.32 Å². The molecule has 2 unspecified atom stereocenters. The minimum Gasteiger partial charge on any atom is -0.391 e. The molecular formula is C11H12BrCl2NO. The lowest BCUT2D eigenvalue weighted by Gasteiger charge is -2.19. The van der Waals surface area contributed by atoms with Gasteiger partial charge in [-0.15, -0.1) is 0 Å². The van der Waals surface area contributed by atoms with E-state index in [9.17, 15) is 5.11 Å². The molecule has 1 fully saturated rings. The van der Waals surface area contributed by atoms with Crippen LogP contribution in [0, 0.1) is 0 Å². The number of hydrogen-bond donors (Lipinski definition) is 2. The van der Waals surface area contributed by atoms with Gasteiger partial charge >= 0.3 is 0 Å². The van der Waals surface area contributed by atoms with Gasteiger partial charge in [0.25, 0.3) is 0 Å². The Labute approximate surface area is 113 Å². The molecule has 5 heteroatoms. The van der Waals surface area contributed by atoms with Crippen LogP contribution in [0.15, 0.2) is 16.6 Å². The first-order chi connectivity index (χ1) is 7.58. The van der Waals surface area contributed by atoms with Crippen LogP contribution in [0.4, 0.5) is 5.69 Å². The zero-order valence-corrected chi connectivity index (χ0v) is 11.6. The summed E-state index contributed by atoms with van der Waals surface area (Å²) in [6.07, 6.45) is 2.51. The Balaban J connectivity index is 2.21. The number of aliphatic hydroxyl groups excluding tert-OH is 1. The largest absolute Gasteiger partial charge is 0.391 e. The third-order valence-corrected chi connectivity index (χ3v) is 3.87. The fraction of sp³-hybridized carbons (Fsp3) is 0.455. The number of anilines is 1. The van der Waals surface area contributed by atoms with Crippen molar-refractivity contribution in [3.63, 3.8) is 0 Å². The maximum atomic E-state index is 9.73. The van der Waals surface area contributed by atoms with Crippen molar-refractivity contribution < 1.29 is 5.11 Å². The molecule has 1 aliphatic carbocycles. The van der Waals surface area contributed by atoms with Gasteiger partial charge in [-0.3, -0.25) is 0 Å². The normalized spacial score (nSPS) is 24.8. The monoisotopic (exact) mass is 323 g/mol. The van der Waals surface area contributed by atoms with Crippen molar-refractivity contribution in [3.8, 4) is 0 Å². The van der Waals surface area contributed by atoms with Crippen LogP contribution in [-0.4, -0.2) is 17.3 Å². The van der Waals surface area contributed by atoms with Gasteiger partial charge in [0.1, 0.15) is 0 Å². The molecule has 1 aromatic carbocycles. The predicted octanol–water partition coefficient (Wildman–Crippen LogP) is 4.08. The number of benzene rings is 1. The summed E-state index contributed by atoms with van der Waals surface area (Å²) in [6, 6.07) is 3.63. The lowest BCUT2D eigenvalue weighted by molar-refractivity contribution is 0.172. The molecule has 0 saturated heterocycles. The van der Waals surface area contributed by atoms with Gasteiger partial charge in [-0.25, -0.2) is 0 Å². The van der Waals surface area contributed by atoms with E-state index in [0.29, 0.717) is 15.7 Å². The van der Waals surface area contributed by atoms with Crippen molar-refractivity contribution in [1.82, 2.24) is 0 Å². The van der Waals surface area contributed by atoms with Gasteiger partial charge in [0, 0.05) is 4.47 Å². The van der Waals surface area contributed by atoms with E-state index in [1.165, 1.54) is 0 Å². The highest BCUT2D eigenvalue weighted by molar-refractivity contribution is 9.10. The Morgan fingerprint density at radius 1 is 1.25 bits per heavy atom. The Kier molecular flexibility index (Phi) is 4.01. The second-order valence-corrected chi connectivity index (χ2v) is 5.72. The Hall–Kier alpha value is 0.0400. The van der Waals surface area contributed by atoms with E-state index in [1.807, 2.05) is 0 Å². The van der Waals surface area contributed by atoms with Gasteiger partial charge in [-0.1, -0.05) is 39.1 Å². The Morgan fingerprint density at radius 2 is 1.88 bits per heavy atom. The summed E-state index contributed by atoms with van der Waals surface area (Å²) in [6.45, 7) is 0. The van der Waals surface area contributed by atoms with Crippen LogP contribution in [0.2, 0.25) is 10.0 Å². The van der Waals surface area contributed by atoms with E-state index in [-0.39, 0.29) is 12.1 Å². The van der Waals surface area contributed by atoms with E-state index >= 15 is 0 Å². The molecular weight excluding hydrogens is 313 g/mol. The highest BCUT2D eigenvalue weighted by Crippen LogP contribution is 2.36. The number of rotatable bonds is 2. The van der Waals surface area contributed by atoms with Crippen molar-refractivity contribution in [1.29, 1.82) is 0 Å². The molecule has 2 rings (SSSR count). The zero-order chi connectivity index (χ0) is 11.7. The fourth-order valence-electron chi connectivity index (χ4n) is 1.97. The summed E-state index contributed by atoms with van der Waals surface area (Å²) >= 11 is 15.5. The SMILES string of the molecule is OC1CCCC1Nc1c(Cl)cc(Br)cc1Cl. The summed E-state index contributed by atoms with van der Waals surface area (Å²) in [4.78, 5) is 0. The lowest BCUT2D eigenvalue weighted by atomic mass is 10.2. The van der Waals surface area contributed by atoms with Crippen LogP contribution in [0.1, 0.15) is 19.3 Å². The van der Waals surface area contributed by atoms with Crippen LogP contribution in [-0.2, 0) is 0 Å². The molecule has 0 radical (unpaired) electrons. The summed E-state index contributed by atoms with van der Waals surface area (Å²) in [5.41, 5.74) is 0.706. The van der Waals surface area contributed by atoms with Crippen molar-refractivity contribution in [2.75, 3.05) is 5.32 Å². The van der Waals surface area contributed by atoms with Crippen molar-refractivity contribution >= 4 is 44.8 Å². The molecule has 0 aliphatic heterocycles. The first-order valence-electron chi connectivity index (χ1n) is 5.17. The quantitative estimate of drug-likeness (QED) is 0.859. The number of halogens is 3. The van der Waals surface area contributed by atoms with Crippen LogP contribution in [0.3, 0.4) is 0 Å². The molecule has 2 nitrogen and oxygen atoms in total. The minimum atomic E-state index is -0.309. The highest BCUT2D eigenvalue weighted by Gasteiger charge is 2.26. The number of aliphatic hydroxyl groups is 1. The predicted molar refractivity (Wildman–Crippen MR) is 71.4 cm³/mol. The Morgan fingerprint density at radius 3 is 2.38 bits per heavy atom. The molecule has 0 aromatic heterocycles. The van der Waals surface area contributed by atoms with E-state index in [1.54, 1.807) is 12.1 Å². The summed E-state index contributed by atoms with van der Waals surface area (Å²) < 4.78 is 0.847. The van der Waals surface area contributed by atoms with E-state index in [4.69, 9.17) is 23.2 Å². The third kappa shape index (κ3) is 2.65. The molecule has 0 amide bonds. The average molecular weight is 325 g/mol. The molecule has 2 atom stereocenters. The first-order valence-corrected chi connectivity index (χ1v) is 6.72. The van der Waals surface area contributed by atoms with Crippen LogP contribution in [0.5, 0.6) is 0 Å².